The zero-order chi connectivity index (χ0) is 17.5. The highest BCUT2D eigenvalue weighted by Crippen LogP contribution is 2.24. The lowest BCUT2D eigenvalue weighted by Crippen LogP contribution is -2.38. The van der Waals surface area contributed by atoms with Crippen molar-refractivity contribution in [1.29, 1.82) is 0 Å². The summed E-state index contributed by atoms with van der Waals surface area (Å²) in [6.07, 6.45) is 1.08. The van der Waals surface area contributed by atoms with Gasteiger partial charge in [-0.05, 0) is 31.4 Å². The first-order valence-corrected chi connectivity index (χ1v) is 10.1. The maximum Gasteiger partial charge on any atom is 0.252 e. The molecule has 0 aliphatic rings. The van der Waals surface area contributed by atoms with Gasteiger partial charge in [0.2, 0.25) is 0 Å². The maximum atomic E-state index is 12.1. The van der Waals surface area contributed by atoms with Crippen LogP contribution in [0.2, 0.25) is 0 Å². The number of thiophene rings is 1. The first-order valence-electron chi connectivity index (χ1n) is 7.80. The predicted molar refractivity (Wildman–Crippen MR) is 113 cm³/mol. The van der Waals surface area contributed by atoms with Gasteiger partial charge in [-0.15, -0.1) is 35.3 Å². The molecule has 0 bridgehead atoms. The number of guanidine groups is 1. The summed E-state index contributed by atoms with van der Waals surface area (Å²) in [6, 6.07) is 3.46. The van der Waals surface area contributed by atoms with E-state index in [2.05, 4.69) is 29.5 Å². The van der Waals surface area contributed by atoms with Crippen molar-refractivity contribution in [2.24, 2.45) is 10.9 Å². The van der Waals surface area contributed by atoms with Gasteiger partial charge in [-0.2, -0.15) is 0 Å². The summed E-state index contributed by atoms with van der Waals surface area (Å²) in [6.45, 7) is 8.51. The molecule has 0 unspecified atom stereocenters. The minimum Gasteiger partial charge on any atom is -0.357 e. The minimum absolute atomic E-state index is 0. The van der Waals surface area contributed by atoms with Crippen LogP contribution in [0.4, 0.5) is 0 Å². The summed E-state index contributed by atoms with van der Waals surface area (Å²) in [5, 5.41) is 6.49. The van der Waals surface area contributed by atoms with Crippen molar-refractivity contribution < 1.29 is 8.42 Å². The van der Waals surface area contributed by atoms with E-state index in [0.29, 0.717) is 16.7 Å². The smallest absolute Gasteiger partial charge is 0.252 e. The molecule has 9 heteroatoms. The molecule has 0 aliphatic carbocycles. The Bertz CT molecular complexity index is 613. The van der Waals surface area contributed by atoms with Crippen molar-refractivity contribution in [1.82, 2.24) is 14.9 Å². The van der Waals surface area contributed by atoms with Crippen LogP contribution in [0.5, 0.6) is 0 Å². The van der Waals surface area contributed by atoms with Crippen LogP contribution < -0.4 is 10.6 Å². The Morgan fingerprint density at radius 3 is 2.50 bits per heavy atom. The second kappa shape index (κ2) is 11.3. The quantitative estimate of drug-likeness (QED) is 0.335. The summed E-state index contributed by atoms with van der Waals surface area (Å²) in [4.78, 5) is 5.44. The van der Waals surface area contributed by atoms with Gasteiger partial charge in [0, 0.05) is 32.1 Å². The fourth-order valence-corrected chi connectivity index (χ4v) is 4.19. The molecule has 0 saturated carbocycles. The lowest BCUT2D eigenvalue weighted by atomic mass is 10.1. The second-order valence-corrected chi connectivity index (χ2v) is 9.36. The third kappa shape index (κ3) is 7.66. The summed E-state index contributed by atoms with van der Waals surface area (Å²) in [5.74, 6) is 1.40. The molecule has 1 heterocycles. The zero-order valence-electron chi connectivity index (χ0n) is 15.0. The number of aliphatic imine (C=N–C) groups is 1. The van der Waals surface area contributed by atoms with Crippen LogP contribution in [0.15, 0.2) is 21.3 Å². The van der Waals surface area contributed by atoms with E-state index >= 15 is 0 Å². The summed E-state index contributed by atoms with van der Waals surface area (Å²) in [7, 11) is -0.283. The Kier molecular flexibility index (Phi) is 11.1. The molecule has 0 amide bonds. The fraction of sp³-hybridized carbons (Fsp3) is 0.667. The molecule has 2 N–H and O–H groups in total. The molecule has 0 spiro atoms. The molecule has 0 radical (unpaired) electrons. The summed E-state index contributed by atoms with van der Waals surface area (Å²) in [5.41, 5.74) is 0. The summed E-state index contributed by atoms with van der Waals surface area (Å²) < 4.78 is 25.7. The van der Waals surface area contributed by atoms with Crippen LogP contribution in [0, 0.1) is 5.92 Å². The second-order valence-electron chi connectivity index (χ2n) is 5.81. The molecule has 0 saturated heterocycles. The monoisotopic (exact) mass is 488 g/mol. The molecule has 1 aromatic rings. The molecular formula is C15H29IN4O2S2. The van der Waals surface area contributed by atoms with Gasteiger partial charge in [0.1, 0.15) is 4.21 Å². The van der Waals surface area contributed by atoms with Crippen molar-refractivity contribution >= 4 is 51.3 Å². The van der Waals surface area contributed by atoms with E-state index in [4.69, 9.17) is 0 Å². The van der Waals surface area contributed by atoms with Crippen LogP contribution in [0.3, 0.4) is 0 Å². The SMILES string of the molecule is CCNC(=NCc1ccc(S(=O)(=O)N(C)C)s1)NCCC(C)C.I. The van der Waals surface area contributed by atoms with Crippen LogP contribution >= 0.6 is 35.3 Å². The average Bonchev–Trinajstić information content (AvgIpc) is 2.93. The number of sulfonamides is 1. The van der Waals surface area contributed by atoms with Crippen LogP contribution in [0.25, 0.3) is 0 Å². The van der Waals surface area contributed by atoms with Crippen molar-refractivity contribution in [2.45, 2.75) is 37.9 Å². The van der Waals surface area contributed by atoms with Crippen molar-refractivity contribution in [3.8, 4) is 0 Å². The molecular weight excluding hydrogens is 459 g/mol. The predicted octanol–water partition coefficient (Wildman–Crippen LogP) is 2.72. The molecule has 0 aliphatic heterocycles. The van der Waals surface area contributed by atoms with Gasteiger partial charge >= 0.3 is 0 Å². The van der Waals surface area contributed by atoms with Crippen LogP contribution in [-0.2, 0) is 16.6 Å². The van der Waals surface area contributed by atoms with Gasteiger partial charge in [-0.3, -0.25) is 0 Å². The molecule has 0 fully saturated rings. The van der Waals surface area contributed by atoms with Crippen molar-refractivity contribution in [3.05, 3.63) is 17.0 Å². The van der Waals surface area contributed by atoms with E-state index in [1.54, 1.807) is 6.07 Å². The number of rotatable bonds is 8. The van der Waals surface area contributed by atoms with E-state index in [-0.39, 0.29) is 24.0 Å². The van der Waals surface area contributed by atoms with E-state index in [0.717, 1.165) is 30.3 Å². The highest BCUT2D eigenvalue weighted by Gasteiger charge is 2.19. The fourth-order valence-electron chi connectivity index (χ4n) is 1.74. The molecule has 1 aromatic heterocycles. The normalized spacial score (nSPS) is 12.4. The van der Waals surface area contributed by atoms with E-state index in [1.807, 2.05) is 13.0 Å². The van der Waals surface area contributed by atoms with Gasteiger partial charge in [0.05, 0.1) is 6.54 Å². The van der Waals surface area contributed by atoms with Crippen molar-refractivity contribution in [3.63, 3.8) is 0 Å². The Balaban J connectivity index is 0.00000529. The Hall–Kier alpha value is -0.390. The Labute approximate surface area is 167 Å². The molecule has 140 valence electrons. The van der Waals surface area contributed by atoms with E-state index < -0.39 is 10.0 Å². The van der Waals surface area contributed by atoms with Gasteiger partial charge in [-0.25, -0.2) is 17.7 Å². The van der Waals surface area contributed by atoms with Crippen LogP contribution in [-0.4, -0.2) is 45.9 Å². The highest BCUT2D eigenvalue weighted by atomic mass is 127. The van der Waals surface area contributed by atoms with Gasteiger partial charge < -0.3 is 10.6 Å². The van der Waals surface area contributed by atoms with Gasteiger partial charge in [0.25, 0.3) is 10.0 Å². The number of nitrogens with zero attached hydrogens (tertiary/aromatic N) is 2. The minimum atomic E-state index is -3.36. The highest BCUT2D eigenvalue weighted by molar-refractivity contribution is 14.0. The van der Waals surface area contributed by atoms with Gasteiger partial charge in [0.15, 0.2) is 5.96 Å². The molecule has 1 rings (SSSR count). The average molecular weight is 488 g/mol. The summed E-state index contributed by atoms with van der Waals surface area (Å²) >= 11 is 1.26. The van der Waals surface area contributed by atoms with Crippen LogP contribution in [0.1, 0.15) is 32.1 Å². The first-order chi connectivity index (χ1) is 10.8. The lowest BCUT2D eigenvalue weighted by molar-refractivity contribution is 0.523. The number of hydrogen-bond donors (Lipinski definition) is 2. The number of nitrogens with one attached hydrogen (secondary N) is 2. The lowest BCUT2D eigenvalue weighted by Gasteiger charge is -2.12. The topological polar surface area (TPSA) is 73.8 Å². The largest absolute Gasteiger partial charge is 0.357 e. The molecule has 0 aromatic carbocycles. The number of hydrogen-bond acceptors (Lipinski definition) is 4. The van der Waals surface area contributed by atoms with E-state index in [1.165, 1.54) is 29.7 Å². The van der Waals surface area contributed by atoms with E-state index in [9.17, 15) is 8.42 Å². The van der Waals surface area contributed by atoms with Crippen molar-refractivity contribution in [2.75, 3.05) is 27.2 Å². The zero-order valence-corrected chi connectivity index (χ0v) is 19.0. The molecule has 24 heavy (non-hydrogen) atoms. The molecule has 0 atom stereocenters. The maximum absolute atomic E-state index is 12.1. The standard InChI is InChI=1S/C15H28N4O2S2.HI/c1-6-16-15(17-10-9-12(2)3)18-11-13-7-8-14(22-13)23(20,21)19(4)5;/h7-8,12H,6,9-11H2,1-5H3,(H2,16,17,18);1H. The Morgan fingerprint density at radius 1 is 1.29 bits per heavy atom. The third-order valence-corrected chi connectivity index (χ3v) is 6.48. The first kappa shape index (κ1) is 23.6. The molecule has 6 nitrogen and oxygen atoms in total. The third-order valence-electron chi connectivity index (χ3n) is 3.12. The van der Waals surface area contributed by atoms with Gasteiger partial charge in [-0.1, -0.05) is 13.8 Å². The number of halogens is 1. The Morgan fingerprint density at radius 2 is 1.96 bits per heavy atom.